The molecule has 0 unspecified atom stereocenters. The van der Waals surface area contributed by atoms with Crippen molar-refractivity contribution in [1.29, 1.82) is 0 Å². The van der Waals surface area contributed by atoms with Gasteiger partial charge >= 0.3 is 0 Å². The molecule has 0 saturated heterocycles. The van der Waals surface area contributed by atoms with E-state index in [-0.39, 0.29) is 35.1 Å². The van der Waals surface area contributed by atoms with Crippen molar-refractivity contribution < 1.29 is 23.9 Å². The van der Waals surface area contributed by atoms with Crippen molar-refractivity contribution in [2.24, 2.45) is 17.3 Å². The number of allylic oxidation sites excluding steroid dienone is 1. The Balaban J connectivity index is 1.68. The lowest BCUT2D eigenvalue weighted by molar-refractivity contribution is -0.536. The molecule has 5 atom stereocenters. The van der Waals surface area contributed by atoms with E-state index in [0.717, 1.165) is 29.7 Å². The Hall–Kier alpha value is -1.96. The second kappa shape index (κ2) is 10.6. The van der Waals surface area contributed by atoms with Gasteiger partial charge in [-0.25, -0.2) is 0 Å². The SMILES string of the molecule is COCO[C@@H]1C[C@H]2[C@@H](C=C(C)C[C@@H]2[N+](=O)[O-])[C@](C)(CCOCc2ccc(OC)cc2)C1. The van der Waals surface area contributed by atoms with Gasteiger partial charge in [-0.1, -0.05) is 30.7 Å². The smallest absolute Gasteiger partial charge is 0.220 e. The molecule has 172 valence electrons. The van der Waals surface area contributed by atoms with Crippen LogP contribution in [0.1, 0.15) is 45.1 Å². The van der Waals surface area contributed by atoms with Gasteiger partial charge in [0.1, 0.15) is 12.5 Å². The molecule has 0 N–H and O–H groups in total. The minimum Gasteiger partial charge on any atom is -0.497 e. The van der Waals surface area contributed by atoms with Crippen LogP contribution < -0.4 is 4.74 Å². The van der Waals surface area contributed by atoms with Crippen LogP contribution >= 0.6 is 0 Å². The second-order valence-corrected chi connectivity index (χ2v) is 9.20. The van der Waals surface area contributed by atoms with Crippen molar-refractivity contribution in [2.45, 2.75) is 58.3 Å². The van der Waals surface area contributed by atoms with Gasteiger partial charge in [-0.3, -0.25) is 10.1 Å². The minimum atomic E-state index is -0.552. The molecule has 2 aliphatic rings. The number of methoxy groups -OCH3 is 2. The first-order chi connectivity index (χ1) is 14.9. The van der Waals surface area contributed by atoms with Crippen molar-refractivity contribution in [3.05, 3.63) is 51.6 Å². The molecule has 3 rings (SSSR count). The lowest BCUT2D eigenvalue weighted by Gasteiger charge is -2.50. The predicted molar refractivity (Wildman–Crippen MR) is 117 cm³/mol. The van der Waals surface area contributed by atoms with Crippen LogP contribution in [0.5, 0.6) is 5.75 Å². The van der Waals surface area contributed by atoms with Crippen LogP contribution in [0.4, 0.5) is 0 Å². The molecular weight excluding hydrogens is 398 g/mol. The third-order valence-corrected chi connectivity index (χ3v) is 6.92. The molecule has 7 heteroatoms. The van der Waals surface area contributed by atoms with Crippen LogP contribution in [0.25, 0.3) is 0 Å². The van der Waals surface area contributed by atoms with E-state index in [1.807, 2.05) is 31.2 Å². The molecule has 0 heterocycles. The van der Waals surface area contributed by atoms with Gasteiger partial charge in [-0.05, 0) is 55.2 Å². The molecule has 2 aliphatic carbocycles. The van der Waals surface area contributed by atoms with Crippen molar-refractivity contribution >= 4 is 0 Å². The van der Waals surface area contributed by atoms with E-state index in [1.165, 1.54) is 0 Å². The van der Waals surface area contributed by atoms with Crippen LogP contribution in [-0.4, -0.2) is 44.7 Å². The van der Waals surface area contributed by atoms with Gasteiger partial charge < -0.3 is 18.9 Å². The summed E-state index contributed by atoms with van der Waals surface area (Å²) in [6.45, 7) is 5.59. The average Bonchev–Trinajstić information content (AvgIpc) is 2.75. The maximum atomic E-state index is 11.8. The maximum absolute atomic E-state index is 11.8. The highest BCUT2D eigenvalue weighted by atomic mass is 16.7. The zero-order valence-corrected chi connectivity index (χ0v) is 19.0. The quantitative estimate of drug-likeness (QED) is 0.176. The summed E-state index contributed by atoms with van der Waals surface area (Å²) in [5, 5.41) is 11.8. The minimum absolute atomic E-state index is 0.0269. The Bertz CT molecular complexity index is 764. The summed E-state index contributed by atoms with van der Waals surface area (Å²) < 4.78 is 22.2. The predicted octanol–water partition coefficient (Wildman–Crippen LogP) is 4.62. The van der Waals surface area contributed by atoms with Gasteiger partial charge in [-0.15, -0.1) is 0 Å². The van der Waals surface area contributed by atoms with Crippen LogP contribution in [0.3, 0.4) is 0 Å². The van der Waals surface area contributed by atoms with E-state index in [2.05, 4.69) is 13.0 Å². The first-order valence-electron chi connectivity index (χ1n) is 11.0. The summed E-state index contributed by atoms with van der Waals surface area (Å²) in [7, 11) is 3.25. The molecular formula is C24H35NO6. The van der Waals surface area contributed by atoms with Gasteiger partial charge in [0, 0.05) is 31.0 Å². The van der Waals surface area contributed by atoms with Crippen LogP contribution in [0.15, 0.2) is 35.9 Å². The zero-order chi connectivity index (χ0) is 22.4. The molecule has 0 aromatic heterocycles. The Labute approximate surface area is 184 Å². The molecule has 0 aliphatic heterocycles. The van der Waals surface area contributed by atoms with Gasteiger partial charge in [0.15, 0.2) is 0 Å². The fraction of sp³-hybridized carbons (Fsp3) is 0.667. The van der Waals surface area contributed by atoms with Gasteiger partial charge in [0.25, 0.3) is 0 Å². The Kier molecular flexibility index (Phi) is 8.08. The zero-order valence-electron chi connectivity index (χ0n) is 19.0. The molecule has 0 amide bonds. The third-order valence-electron chi connectivity index (χ3n) is 6.92. The van der Waals surface area contributed by atoms with Gasteiger partial charge in [-0.2, -0.15) is 0 Å². The van der Waals surface area contributed by atoms with Crippen LogP contribution in [-0.2, 0) is 20.8 Å². The largest absolute Gasteiger partial charge is 0.497 e. The molecule has 0 spiro atoms. The molecule has 1 aromatic carbocycles. The summed E-state index contributed by atoms with van der Waals surface area (Å²) in [4.78, 5) is 11.7. The lowest BCUT2D eigenvalue weighted by Crippen LogP contribution is -2.50. The summed E-state index contributed by atoms with van der Waals surface area (Å²) >= 11 is 0. The topological polar surface area (TPSA) is 80.1 Å². The Morgan fingerprint density at radius 2 is 1.97 bits per heavy atom. The van der Waals surface area contributed by atoms with E-state index >= 15 is 0 Å². The van der Waals surface area contributed by atoms with E-state index in [4.69, 9.17) is 18.9 Å². The lowest BCUT2D eigenvalue weighted by atomic mass is 9.56. The third kappa shape index (κ3) is 5.84. The number of nitrogens with zero attached hydrogens (tertiary/aromatic N) is 1. The molecule has 7 nitrogen and oxygen atoms in total. The second-order valence-electron chi connectivity index (χ2n) is 9.20. The van der Waals surface area contributed by atoms with E-state index in [9.17, 15) is 10.1 Å². The molecule has 1 aromatic rings. The van der Waals surface area contributed by atoms with Crippen molar-refractivity contribution in [3.8, 4) is 5.75 Å². The summed E-state index contributed by atoms with van der Waals surface area (Å²) in [6.07, 6.45) is 5.13. The maximum Gasteiger partial charge on any atom is 0.220 e. The first-order valence-corrected chi connectivity index (χ1v) is 11.0. The number of hydrogen-bond donors (Lipinski definition) is 0. The summed E-state index contributed by atoms with van der Waals surface area (Å²) in [5.74, 6) is 0.955. The highest BCUT2D eigenvalue weighted by Gasteiger charge is 2.52. The van der Waals surface area contributed by atoms with E-state index < -0.39 is 6.04 Å². The van der Waals surface area contributed by atoms with Crippen LogP contribution in [0.2, 0.25) is 0 Å². The highest BCUT2D eigenvalue weighted by Crippen LogP contribution is 2.52. The van der Waals surface area contributed by atoms with Gasteiger partial charge in [0.2, 0.25) is 6.04 Å². The number of ether oxygens (including phenoxy) is 4. The Morgan fingerprint density at radius 1 is 1.23 bits per heavy atom. The van der Waals surface area contributed by atoms with Gasteiger partial charge in [0.05, 0.1) is 19.8 Å². The Morgan fingerprint density at radius 3 is 2.61 bits per heavy atom. The monoisotopic (exact) mass is 433 g/mol. The number of rotatable bonds is 10. The fourth-order valence-electron chi connectivity index (χ4n) is 5.29. The molecule has 0 bridgehead atoms. The molecule has 1 fully saturated rings. The van der Waals surface area contributed by atoms with E-state index in [0.29, 0.717) is 26.1 Å². The molecule has 0 radical (unpaired) electrons. The summed E-state index contributed by atoms with van der Waals surface area (Å²) in [5.41, 5.74) is 2.08. The number of benzene rings is 1. The fourth-order valence-corrected chi connectivity index (χ4v) is 5.29. The van der Waals surface area contributed by atoms with Crippen molar-refractivity contribution in [2.75, 3.05) is 27.6 Å². The molecule has 1 saturated carbocycles. The van der Waals surface area contributed by atoms with Crippen LogP contribution in [0, 0.1) is 27.4 Å². The summed E-state index contributed by atoms with van der Waals surface area (Å²) in [6, 6.07) is 7.30. The number of fused-ring (bicyclic) bond motifs is 1. The number of nitro groups is 1. The standard InChI is InChI=1S/C24H35NO6/c1-17-11-22-21(23(12-17)25(26)27)13-20(31-16-28-3)14-24(22,2)9-10-30-15-18-5-7-19(29-4)8-6-18/h5-8,11,20-23H,9-10,12-16H2,1-4H3/t20-,21+,22-,23+,24-/m1/s1. The van der Waals surface area contributed by atoms with Crippen molar-refractivity contribution in [3.63, 3.8) is 0 Å². The first kappa shape index (κ1) is 23.7. The number of hydrogen-bond acceptors (Lipinski definition) is 6. The van der Waals surface area contributed by atoms with E-state index in [1.54, 1.807) is 14.2 Å². The normalized spacial score (nSPS) is 30.4. The highest BCUT2D eigenvalue weighted by molar-refractivity contribution is 5.26. The average molecular weight is 434 g/mol. The van der Waals surface area contributed by atoms with Crippen molar-refractivity contribution in [1.82, 2.24) is 0 Å². The molecule has 31 heavy (non-hydrogen) atoms.